The normalized spacial score (nSPS) is 14.2. The van der Waals surface area contributed by atoms with E-state index in [-0.39, 0.29) is 47.9 Å². The van der Waals surface area contributed by atoms with E-state index in [4.69, 9.17) is 0 Å². The Morgan fingerprint density at radius 2 is 1.96 bits per heavy atom. The topological polar surface area (TPSA) is 91.8 Å². The molecule has 0 aliphatic carbocycles. The Morgan fingerprint density at radius 1 is 1.21 bits per heavy atom. The number of hydrogen-bond acceptors (Lipinski definition) is 4. The summed E-state index contributed by atoms with van der Waals surface area (Å²) in [6, 6.07) is 7.40. The van der Waals surface area contributed by atoms with Gasteiger partial charge in [0.1, 0.15) is 5.56 Å². The van der Waals surface area contributed by atoms with Gasteiger partial charge in [0.15, 0.2) is 0 Å². The highest BCUT2D eigenvalue weighted by Crippen LogP contribution is 2.19. The summed E-state index contributed by atoms with van der Waals surface area (Å²) in [5, 5.41) is 6.13. The number of imidazole rings is 1. The zero-order valence-electron chi connectivity index (χ0n) is 15.4. The number of aryl methyl sites for hydroxylation is 1. The molecule has 1 saturated heterocycles. The molecule has 9 heteroatoms. The molecule has 4 rings (SSSR count). The number of aromatic nitrogens is 3. The van der Waals surface area contributed by atoms with E-state index in [0.717, 1.165) is 37.0 Å². The Morgan fingerprint density at radius 3 is 2.71 bits per heavy atom. The number of rotatable bonds is 3. The van der Waals surface area contributed by atoms with Crippen LogP contribution in [0.3, 0.4) is 0 Å². The van der Waals surface area contributed by atoms with Crippen LogP contribution >= 0.6 is 24.8 Å². The summed E-state index contributed by atoms with van der Waals surface area (Å²) >= 11 is 0. The first kappa shape index (κ1) is 21.9. The molecule has 1 aliphatic rings. The number of nitrogens with zero attached hydrogens (tertiary/aromatic N) is 2. The van der Waals surface area contributed by atoms with Gasteiger partial charge in [-0.3, -0.25) is 9.59 Å². The van der Waals surface area contributed by atoms with Gasteiger partial charge in [-0.25, -0.2) is 4.98 Å². The molecule has 0 spiro atoms. The fraction of sp³-hybridized carbons (Fsp3) is 0.316. The van der Waals surface area contributed by atoms with E-state index >= 15 is 0 Å². The fourth-order valence-corrected chi connectivity index (χ4v) is 3.50. The maximum absolute atomic E-state index is 13.0. The van der Waals surface area contributed by atoms with Crippen LogP contribution in [0.4, 0.5) is 5.69 Å². The first-order chi connectivity index (χ1) is 12.6. The van der Waals surface area contributed by atoms with E-state index in [0.29, 0.717) is 11.3 Å². The fourth-order valence-electron chi connectivity index (χ4n) is 3.50. The van der Waals surface area contributed by atoms with Crippen molar-refractivity contribution in [3.05, 3.63) is 58.3 Å². The molecular weight excluding hydrogens is 401 g/mol. The van der Waals surface area contributed by atoms with Crippen molar-refractivity contribution in [1.29, 1.82) is 0 Å². The highest BCUT2D eigenvalue weighted by Gasteiger charge is 2.21. The molecule has 0 radical (unpaired) electrons. The number of hydrogen-bond donors (Lipinski definition) is 3. The summed E-state index contributed by atoms with van der Waals surface area (Å²) < 4.78 is 1.71. The predicted molar refractivity (Wildman–Crippen MR) is 115 cm³/mol. The molecule has 3 N–H and O–H groups in total. The molecule has 0 saturated carbocycles. The lowest BCUT2D eigenvalue weighted by atomic mass is 10.0. The second kappa shape index (κ2) is 9.23. The zero-order chi connectivity index (χ0) is 18.1. The number of pyridine rings is 1. The molecule has 1 aromatic carbocycles. The average molecular weight is 424 g/mol. The van der Waals surface area contributed by atoms with E-state index < -0.39 is 0 Å². The SMILES string of the molecule is Cc1ccn(C2CCNCC2)c(=O)c1C(=O)Nc1ccc2nc[nH]c2c1.Cl.Cl. The first-order valence-electron chi connectivity index (χ1n) is 8.80. The Hall–Kier alpha value is -2.35. The van der Waals surface area contributed by atoms with E-state index in [1.165, 1.54) is 0 Å². The van der Waals surface area contributed by atoms with E-state index in [9.17, 15) is 9.59 Å². The molecule has 7 nitrogen and oxygen atoms in total. The van der Waals surface area contributed by atoms with Gasteiger partial charge in [0.25, 0.3) is 11.5 Å². The van der Waals surface area contributed by atoms with Gasteiger partial charge in [-0.05, 0) is 62.7 Å². The van der Waals surface area contributed by atoms with E-state index in [2.05, 4.69) is 20.6 Å². The minimum absolute atomic E-state index is 0. The van der Waals surface area contributed by atoms with Crippen molar-refractivity contribution in [3.63, 3.8) is 0 Å². The van der Waals surface area contributed by atoms with Gasteiger partial charge < -0.3 is 20.2 Å². The molecule has 1 amide bonds. The molecule has 0 atom stereocenters. The van der Waals surface area contributed by atoms with Crippen LogP contribution in [0.2, 0.25) is 0 Å². The van der Waals surface area contributed by atoms with Crippen molar-refractivity contribution in [2.24, 2.45) is 0 Å². The van der Waals surface area contributed by atoms with Crippen molar-refractivity contribution in [2.45, 2.75) is 25.8 Å². The molecular formula is C19H23Cl2N5O2. The van der Waals surface area contributed by atoms with Crippen LogP contribution in [0.25, 0.3) is 11.0 Å². The van der Waals surface area contributed by atoms with Gasteiger partial charge in [0.2, 0.25) is 0 Å². The maximum atomic E-state index is 13.0. The third-order valence-corrected chi connectivity index (χ3v) is 4.94. The summed E-state index contributed by atoms with van der Waals surface area (Å²) in [6.07, 6.45) is 5.19. The third kappa shape index (κ3) is 4.22. The van der Waals surface area contributed by atoms with Crippen molar-refractivity contribution in [3.8, 4) is 0 Å². The van der Waals surface area contributed by atoms with Gasteiger partial charge in [-0.1, -0.05) is 0 Å². The Kier molecular flexibility index (Phi) is 7.23. The molecule has 0 bridgehead atoms. The van der Waals surface area contributed by atoms with Gasteiger partial charge in [-0.2, -0.15) is 0 Å². The number of benzene rings is 1. The summed E-state index contributed by atoms with van der Waals surface area (Å²) in [4.78, 5) is 32.9. The maximum Gasteiger partial charge on any atom is 0.263 e. The van der Waals surface area contributed by atoms with Crippen LogP contribution in [0.15, 0.2) is 41.6 Å². The molecule has 28 heavy (non-hydrogen) atoms. The highest BCUT2D eigenvalue weighted by atomic mass is 35.5. The zero-order valence-corrected chi connectivity index (χ0v) is 17.0. The smallest absolute Gasteiger partial charge is 0.263 e. The number of aromatic amines is 1. The van der Waals surface area contributed by atoms with Crippen LogP contribution in [-0.2, 0) is 0 Å². The van der Waals surface area contributed by atoms with Crippen LogP contribution < -0.4 is 16.2 Å². The Labute approximate surface area is 174 Å². The molecule has 3 aromatic rings. The summed E-state index contributed by atoms with van der Waals surface area (Å²) in [5.74, 6) is -0.380. The third-order valence-electron chi connectivity index (χ3n) is 4.94. The summed E-state index contributed by atoms with van der Waals surface area (Å²) in [5.41, 5.74) is 2.95. The second-order valence-electron chi connectivity index (χ2n) is 6.66. The minimum Gasteiger partial charge on any atom is -0.345 e. The summed E-state index contributed by atoms with van der Waals surface area (Å²) in [6.45, 7) is 3.56. The van der Waals surface area contributed by atoms with Gasteiger partial charge >= 0.3 is 0 Å². The van der Waals surface area contributed by atoms with E-state index in [1.54, 1.807) is 30.1 Å². The number of nitrogens with one attached hydrogen (secondary N) is 3. The molecule has 2 aromatic heterocycles. The lowest BCUT2D eigenvalue weighted by Gasteiger charge is -2.25. The average Bonchev–Trinajstić information content (AvgIpc) is 3.10. The Balaban J connectivity index is 0.00000140. The minimum atomic E-state index is -0.380. The number of piperidine rings is 1. The first-order valence-corrected chi connectivity index (χ1v) is 8.80. The lowest BCUT2D eigenvalue weighted by Crippen LogP contribution is -2.37. The van der Waals surface area contributed by atoms with Crippen LogP contribution in [0, 0.1) is 6.92 Å². The summed E-state index contributed by atoms with van der Waals surface area (Å²) in [7, 11) is 0. The number of anilines is 1. The van der Waals surface area contributed by atoms with Crippen LogP contribution in [0.1, 0.15) is 34.8 Å². The Bertz CT molecular complexity index is 1020. The quantitative estimate of drug-likeness (QED) is 0.603. The number of H-pyrrole nitrogens is 1. The molecule has 3 heterocycles. The van der Waals surface area contributed by atoms with Crippen molar-refractivity contribution >= 4 is 47.4 Å². The molecule has 0 unspecified atom stereocenters. The van der Waals surface area contributed by atoms with Crippen molar-refractivity contribution < 1.29 is 4.79 Å². The predicted octanol–water partition coefficient (Wildman–Crippen LogP) is 3.05. The second-order valence-corrected chi connectivity index (χ2v) is 6.66. The lowest BCUT2D eigenvalue weighted by molar-refractivity contribution is 0.102. The number of carbonyl (C=O) groups excluding carboxylic acids is 1. The molecule has 1 aliphatic heterocycles. The molecule has 1 fully saturated rings. The largest absolute Gasteiger partial charge is 0.345 e. The number of halogens is 2. The van der Waals surface area contributed by atoms with Crippen LogP contribution in [0.5, 0.6) is 0 Å². The van der Waals surface area contributed by atoms with Crippen LogP contribution in [-0.4, -0.2) is 33.5 Å². The standard InChI is InChI=1S/C19H21N5O2.2ClH/c1-12-6-9-24(14-4-7-20-8-5-14)19(26)17(12)18(25)23-13-2-3-15-16(10-13)22-11-21-15;;/h2-3,6,9-11,14,20H,4-5,7-8H2,1H3,(H,21,22)(H,23,25);2*1H. The van der Waals surface area contributed by atoms with Gasteiger partial charge in [0, 0.05) is 17.9 Å². The van der Waals surface area contributed by atoms with Crippen molar-refractivity contribution in [2.75, 3.05) is 18.4 Å². The highest BCUT2D eigenvalue weighted by molar-refractivity contribution is 6.05. The number of fused-ring (bicyclic) bond motifs is 1. The molecule has 150 valence electrons. The monoisotopic (exact) mass is 423 g/mol. The van der Waals surface area contributed by atoms with Gasteiger partial charge in [-0.15, -0.1) is 24.8 Å². The number of amides is 1. The van der Waals surface area contributed by atoms with E-state index in [1.807, 2.05) is 18.2 Å². The van der Waals surface area contributed by atoms with Crippen molar-refractivity contribution in [1.82, 2.24) is 19.9 Å². The number of carbonyl (C=O) groups is 1. The van der Waals surface area contributed by atoms with Gasteiger partial charge in [0.05, 0.1) is 17.4 Å².